The van der Waals surface area contributed by atoms with Gasteiger partial charge < -0.3 is 15.7 Å². The summed E-state index contributed by atoms with van der Waals surface area (Å²) in [6.07, 6.45) is 4.09. The molecule has 2 amide bonds. The number of urea groups is 1. The molecule has 0 saturated heterocycles. The van der Waals surface area contributed by atoms with Crippen LogP contribution in [0.5, 0.6) is 0 Å². The van der Waals surface area contributed by atoms with Gasteiger partial charge >= 0.3 is 12.0 Å². The molecule has 1 aliphatic rings. The minimum absolute atomic E-state index is 0.0576. The van der Waals surface area contributed by atoms with Crippen molar-refractivity contribution in [3.63, 3.8) is 0 Å². The Morgan fingerprint density at radius 1 is 1.24 bits per heavy atom. The van der Waals surface area contributed by atoms with Gasteiger partial charge in [-0.2, -0.15) is 0 Å². The highest BCUT2D eigenvalue weighted by Gasteiger charge is 2.41. The smallest absolute Gasteiger partial charge is 0.314 e. The molecule has 0 unspecified atom stereocenters. The molecule has 122 valence electrons. The lowest BCUT2D eigenvalue weighted by atomic mass is 9.71. The molecule has 0 spiro atoms. The molecule has 5 nitrogen and oxygen atoms in total. The topological polar surface area (TPSA) is 78.4 Å². The van der Waals surface area contributed by atoms with Crippen molar-refractivity contribution in [1.29, 1.82) is 0 Å². The lowest BCUT2D eigenvalue weighted by Crippen LogP contribution is -2.49. The molecule has 0 aromatic carbocycles. The fourth-order valence-electron chi connectivity index (χ4n) is 2.54. The first-order valence-corrected chi connectivity index (χ1v) is 7.96. The average Bonchev–Trinajstić information content (AvgIpc) is 2.45. The van der Waals surface area contributed by atoms with Crippen LogP contribution < -0.4 is 10.6 Å². The zero-order chi connectivity index (χ0) is 16.1. The summed E-state index contributed by atoms with van der Waals surface area (Å²) in [7, 11) is 0. The van der Waals surface area contributed by atoms with Gasteiger partial charge in [0.2, 0.25) is 0 Å². The number of rotatable bonds is 6. The number of carbonyl (C=O) groups excluding carboxylic acids is 1. The first-order chi connectivity index (χ1) is 9.71. The van der Waals surface area contributed by atoms with Gasteiger partial charge in [-0.25, -0.2) is 4.79 Å². The number of hydrogen-bond acceptors (Lipinski definition) is 2. The molecule has 1 fully saturated rings. The van der Waals surface area contributed by atoms with Crippen molar-refractivity contribution in [2.45, 2.75) is 59.8 Å². The Balaban J connectivity index is 2.47. The van der Waals surface area contributed by atoms with Gasteiger partial charge in [-0.1, -0.05) is 27.7 Å². The summed E-state index contributed by atoms with van der Waals surface area (Å²) in [5.74, 6) is -0.208. The molecular weight excluding hydrogens is 268 g/mol. The molecule has 0 bridgehead atoms. The zero-order valence-corrected chi connectivity index (χ0v) is 13.8. The number of nitrogens with one attached hydrogen (secondary N) is 2. The number of carbonyl (C=O) groups is 2. The van der Waals surface area contributed by atoms with Crippen molar-refractivity contribution >= 4 is 12.0 Å². The first-order valence-electron chi connectivity index (χ1n) is 7.96. The monoisotopic (exact) mass is 298 g/mol. The van der Waals surface area contributed by atoms with Crippen molar-refractivity contribution in [3.05, 3.63) is 0 Å². The Hall–Kier alpha value is -1.26. The fourth-order valence-corrected chi connectivity index (χ4v) is 2.54. The summed E-state index contributed by atoms with van der Waals surface area (Å²) in [6.45, 7) is 9.23. The van der Waals surface area contributed by atoms with E-state index in [-0.39, 0.29) is 18.0 Å². The summed E-state index contributed by atoms with van der Waals surface area (Å²) in [5.41, 5.74) is -0.730. The van der Waals surface area contributed by atoms with Crippen LogP contribution in [0.4, 0.5) is 4.79 Å². The predicted octanol–water partition coefficient (Wildman–Crippen LogP) is 3.00. The second-order valence-electron chi connectivity index (χ2n) is 7.32. The highest BCUT2D eigenvalue weighted by molar-refractivity contribution is 5.78. The largest absolute Gasteiger partial charge is 0.481 e. The van der Waals surface area contributed by atoms with Crippen LogP contribution in [0.3, 0.4) is 0 Å². The van der Waals surface area contributed by atoms with Crippen LogP contribution in [-0.2, 0) is 4.79 Å². The first kappa shape index (κ1) is 17.8. The van der Waals surface area contributed by atoms with Gasteiger partial charge in [-0.3, -0.25) is 4.79 Å². The summed E-state index contributed by atoms with van der Waals surface area (Å²) in [5, 5.41) is 15.1. The number of hydrogen-bond donors (Lipinski definition) is 3. The van der Waals surface area contributed by atoms with Crippen LogP contribution in [0.2, 0.25) is 0 Å². The Labute approximate surface area is 127 Å². The van der Waals surface area contributed by atoms with E-state index in [1.165, 1.54) is 0 Å². The van der Waals surface area contributed by atoms with Gasteiger partial charge in [0.15, 0.2) is 0 Å². The van der Waals surface area contributed by atoms with Crippen molar-refractivity contribution < 1.29 is 14.7 Å². The second-order valence-corrected chi connectivity index (χ2v) is 7.32. The van der Waals surface area contributed by atoms with E-state index in [2.05, 4.69) is 38.3 Å². The molecule has 1 rings (SSSR count). The lowest BCUT2D eigenvalue weighted by Gasteiger charge is -2.36. The summed E-state index contributed by atoms with van der Waals surface area (Å²) in [6, 6.07) is -0.268. The van der Waals surface area contributed by atoms with E-state index < -0.39 is 11.4 Å². The third-order valence-electron chi connectivity index (χ3n) is 4.96. The van der Waals surface area contributed by atoms with Gasteiger partial charge in [-0.15, -0.1) is 0 Å². The van der Waals surface area contributed by atoms with Crippen LogP contribution in [0.15, 0.2) is 0 Å². The summed E-state index contributed by atoms with van der Waals surface area (Å²) in [4.78, 5) is 23.4. The Bertz CT molecular complexity index is 372. The molecular formula is C16H30N2O3. The Morgan fingerprint density at radius 2 is 1.81 bits per heavy atom. The standard InChI is InChI=1S/C16H30N2O3/c1-5-15(3,4)10-17-14(21)18-11-16(13(19)20)8-6-12(2)7-9-16/h12H,5-11H2,1-4H3,(H,19,20)(H2,17,18,21). The van der Waals surface area contributed by atoms with Crippen LogP contribution in [0, 0.1) is 16.7 Å². The molecule has 0 radical (unpaired) electrons. The van der Waals surface area contributed by atoms with Gasteiger partial charge in [-0.05, 0) is 43.4 Å². The maximum absolute atomic E-state index is 11.9. The van der Waals surface area contributed by atoms with Crippen LogP contribution in [0.25, 0.3) is 0 Å². The van der Waals surface area contributed by atoms with Crippen LogP contribution in [0.1, 0.15) is 59.8 Å². The number of amides is 2. The maximum atomic E-state index is 11.9. The molecule has 1 saturated carbocycles. The lowest BCUT2D eigenvalue weighted by molar-refractivity contribution is -0.151. The van der Waals surface area contributed by atoms with Gasteiger partial charge in [0.1, 0.15) is 0 Å². The normalized spacial score (nSPS) is 26.2. The predicted molar refractivity (Wildman–Crippen MR) is 83.2 cm³/mol. The molecule has 0 atom stereocenters. The van der Waals surface area contributed by atoms with Gasteiger partial charge in [0, 0.05) is 13.1 Å². The van der Waals surface area contributed by atoms with Crippen LogP contribution in [-0.4, -0.2) is 30.2 Å². The SMILES string of the molecule is CCC(C)(C)CNC(=O)NCC1(C(=O)O)CCC(C)CC1. The highest BCUT2D eigenvalue weighted by Crippen LogP contribution is 2.38. The maximum Gasteiger partial charge on any atom is 0.314 e. The third kappa shape index (κ3) is 5.21. The average molecular weight is 298 g/mol. The van der Waals surface area contributed by atoms with E-state index in [4.69, 9.17) is 0 Å². The van der Waals surface area contributed by atoms with E-state index in [1.54, 1.807) is 0 Å². The fraction of sp³-hybridized carbons (Fsp3) is 0.875. The molecule has 0 aliphatic heterocycles. The number of carboxylic acids is 1. The number of carboxylic acid groups (broad SMARTS) is 1. The zero-order valence-electron chi connectivity index (χ0n) is 13.8. The molecule has 0 aromatic heterocycles. The molecule has 5 heteroatoms. The minimum atomic E-state index is -0.788. The summed E-state index contributed by atoms with van der Waals surface area (Å²) >= 11 is 0. The molecule has 0 aromatic rings. The van der Waals surface area contributed by atoms with Crippen molar-refractivity contribution in [2.24, 2.45) is 16.7 Å². The molecule has 0 heterocycles. The van der Waals surface area contributed by atoms with Gasteiger partial charge in [0.25, 0.3) is 0 Å². The molecule has 1 aliphatic carbocycles. The Morgan fingerprint density at radius 3 is 2.29 bits per heavy atom. The molecule has 3 N–H and O–H groups in total. The second kappa shape index (κ2) is 7.14. The van der Waals surface area contributed by atoms with Crippen molar-refractivity contribution in [2.75, 3.05) is 13.1 Å². The van der Waals surface area contributed by atoms with E-state index in [1.807, 2.05) is 0 Å². The van der Waals surface area contributed by atoms with E-state index in [0.29, 0.717) is 25.3 Å². The van der Waals surface area contributed by atoms with E-state index in [9.17, 15) is 14.7 Å². The van der Waals surface area contributed by atoms with Crippen molar-refractivity contribution in [3.8, 4) is 0 Å². The number of aliphatic carboxylic acids is 1. The molecule has 21 heavy (non-hydrogen) atoms. The Kier molecular flexibility index (Phi) is 6.05. The van der Waals surface area contributed by atoms with Crippen LogP contribution >= 0.6 is 0 Å². The third-order valence-corrected chi connectivity index (χ3v) is 4.96. The van der Waals surface area contributed by atoms with Gasteiger partial charge in [0.05, 0.1) is 5.41 Å². The van der Waals surface area contributed by atoms with Crippen molar-refractivity contribution in [1.82, 2.24) is 10.6 Å². The van der Waals surface area contributed by atoms with E-state index in [0.717, 1.165) is 19.3 Å². The summed E-state index contributed by atoms with van der Waals surface area (Å²) < 4.78 is 0. The minimum Gasteiger partial charge on any atom is -0.481 e. The van der Waals surface area contributed by atoms with E-state index >= 15 is 0 Å². The quantitative estimate of drug-likeness (QED) is 0.705. The highest BCUT2D eigenvalue weighted by atomic mass is 16.4.